The fourth-order valence-electron chi connectivity index (χ4n) is 1.76. The van der Waals surface area contributed by atoms with Gasteiger partial charge in [-0.05, 0) is 31.2 Å². The lowest BCUT2D eigenvalue weighted by atomic mass is 10.1. The first-order valence-electron chi connectivity index (χ1n) is 5.96. The molecule has 2 aromatic rings. The van der Waals surface area contributed by atoms with Crippen molar-refractivity contribution in [2.45, 2.75) is 13.5 Å². The van der Waals surface area contributed by atoms with Crippen molar-refractivity contribution in [3.05, 3.63) is 48.5 Å². The second-order valence-electron chi connectivity index (χ2n) is 4.13. The number of Topliss-reactive ketones (excluding diaryl/α,β-unsaturated/α-hetero) is 1. The smallest absolute Gasteiger partial charge is 0.243 e. The fourth-order valence-corrected chi connectivity index (χ4v) is 1.76. The topological polar surface area (TPSA) is 35.1 Å². The summed E-state index contributed by atoms with van der Waals surface area (Å²) in [5.41, 5.74) is 0.704. The highest BCUT2D eigenvalue weighted by atomic mass is 16.5. The van der Waals surface area contributed by atoms with Crippen LogP contribution in [0.2, 0.25) is 0 Å². The van der Waals surface area contributed by atoms with Crippen LogP contribution in [0, 0.1) is 0 Å². The van der Waals surface area contributed by atoms with Gasteiger partial charge in [0, 0.05) is 5.56 Å². The van der Waals surface area contributed by atoms with Gasteiger partial charge in [-0.3, -0.25) is 4.79 Å². The summed E-state index contributed by atoms with van der Waals surface area (Å²) in [4.78, 5) is 12.0. The third-order valence-corrected chi connectivity index (χ3v) is 2.64. The standard InChI is InChI=1S/C14H17N2O2/c1-3-18-13-6-4-12(5-7-13)14(17)10-16-9-8-15(2)11-16/h4-9,11H,3,10H2,1-2H3/q+1. The van der Waals surface area contributed by atoms with Crippen molar-refractivity contribution in [2.75, 3.05) is 6.61 Å². The monoisotopic (exact) mass is 245 g/mol. The zero-order valence-electron chi connectivity index (χ0n) is 10.7. The van der Waals surface area contributed by atoms with Crippen molar-refractivity contribution >= 4 is 5.78 Å². The van der Waals surface area contributed by atoms with Gasteiger partial charge in [0.1, 0.15) is 18.1 Å². The van der Waals surface area contributed by atoms with E-state index in [4.69, 9.17) is 4.74 Å². The molecule has 1 aromatic heterocycles. The van der Waals surface area contributed by atoms with Crippen LogP contribution in [-0.4, -0.2) is 17.0 Å². The average Bonchev–Trinajstić information content (AvgIpc) is 2.76. The quantitative estimate of drug-likeness (QED) is 0.592. The Morgan fingerprint density at radius 2 is 2.06 bits per heavy atom. The molecule has 0 aliphatic heterocycles. The zero-order chi connectivity index (χ0) is 13.0. The Kier molecular flexibility index (Phi) is 3.77. The summed E-state index contributed by atoms with van der Waals surface area (Å²) < 4.78 is 9.11. The van der Waals surface area contributed by atoms with Crippen LogP contribution in [0.1, 0.15) is 17.3 Å². The predicted octanol–water partition coefficient (Wildman–Crippen LogP) is 1.59. The molecule has 4 nitrogen and oxygen atoms in total. The summed E-state index contributed by atoms with van der Waals surface area (Å²) in [7, 11) is 1.93. The highest BCUT2D eigenvalue weighted by Crippen LogP contribution is 2.12. The molecule has 0 unspecified atom stereocenters. The number of ether oxygens (including phenoxy) is 1. The van der Waals surface area contributed by atoms with Crippen molar-refractivity contribution in [1.82, 2.24) is 4.57 Å². The molecule has 0 radical (unpaired) electrons. The maximum absolute atomic E-state index is 12.0. The van der Waals surface area contributed by atoms with Crippen LogP contribution >= 0.6 is 0 Å². The number of aryl methyl sites for hydroxylation is 1. The van der Waals surface area contributed by atoms with Crippen molar-refractivity contribution in [3.8, 4) is 5.75 Å². The third-order valence-electron chi connectivity index (χ3n) is 2.64. The number of benzene rings is 1. The number of nitrogens with zero attached hydrogens (tertiary/aromatic N) is 2. The number of imidazole rings is 1. The molecule has 0 aliphatic rings. The highest BCUT2D eigenvalue weighted by molar-refractivity contribution is 5.95. The van der Waals surface area contributed by atoms with Gasteiger partial charge in [0.05, 0.1) is 13.7 Å². The minimum absolute atomic E-state index is 0.0919. The van der Waals surface area contributed by atoms with Crippen LogP contribution in [-0.2, 0) is 13.6 Å². The summed E-state index contributed by atoms with van der Waals surface area (Å²) >= 11 is 0. The molecule has 1 heterocycles. The highest BCUT2D eigenvalue weighted by Gasteiger charge is 2.10. The van der Waals surface area contributed by atoms with E-state index in [0.29, 0.717) is 18.7 Å². The van der Waals surface area contributed by atoms with Gasteiger partial charge >= 0.3 is 0 Å². The maximum Gasteiger partial charge on any atom is 0.243 e. The number of rotatable bonds is 5. The van der Waals surface area contributed by atoms with Crippen LogP contribution in [0.4, 0.5) is 0 Å². The molecule has 1 aromatic carbocycles. The molecule has 0 aliphatic carbocycles. The van der Waals surface area contributed by atoms with Crippen LogP contribution in [0.3, 0.4) is 0 Å². The Morgan fingerprint density at radius 3 is 2.61 bits per heavy atom. The average molecular weight is 245 g/mol. The van der Waals surface area contributed by atoms with E-state index in [2.05, 4.69) is 0 Å². The van der Waals surface area contributed by atoms with Crippen molar-refractivity contribution < 1.29 is 14.1 Å². The first-order chi connectivity index (χ1) is 8.69. The molecular formula is C14H17N2O2+. The third kappa shape index (κ3) is 2.97. The van der Waals surface area contributed by atoms with E-state index in [1.807, 2.05) is 54.0 Å². The molecule has 0 saturated carbocycles. The van der Waals surface area contributed by atoms with Crippen LogP contribution < -0.4 is 9.30 Å². The lowest BCUT2D eigenvalue weighted by Crippen LogP contribution is -2.24. The Labute approximate surface area is 106 Å². The van der Waals surface area contributed by atoms with Gasteiger partial charge in [0.15, 0.2) is 6.54 Å². The van der Waals surface area contributed by atoms with Gasteiger partial charge < -0.3 is 4.74 Å². The first-order valence-corrected chi connectivity index (χ1v) is 5.96. The molecule has 0 spiro atoms. The molecule has 0 atom stereocenters. The maximum atomic E-state index is 12.0. The van der Waals surface area contributed by atoms with Gasteiger partial charge in [0.2, 0.25) is 12.1 Å². The van der Waals surface area contributed by atoms with E-state index in [0.717, 1.165) is 5.75 Å². The summed E-state index contributed by atoms with van der Waals surface area (Å²) in [5.74, 6) is 0.885. The molecule has 2 rings (SSSR count). The number of carbonyl (C=O) groups is 1. The van der Waals surface area contributed by atoms with Gasteiger partial charge in [-0.2, -0.15) is 0 Å². The summed E-state index contributed by atoms with van der Waals surface area (Å²) in [5, 5.41) is 0. The van der Waals surface area contributed by atoms with E-state index in [1.165, 1.54) is 0 Å². The number of hydrogen-bond donors (Lipinski definition) is 0. The second-order valence-corrected chi connectivity index (χ2v) is 4.13. The summed E-state index contributed by atoms with van der Waals surface area (Å²) in [6.45, 7) is 2.92. The minimum Gasteiger partial charge on any atom is -0.494 e. The zero-order valence-corrected chi connectivity index (χ0v) is 10.7. The Bertz CT molecular complexity index is 529. The number of aromatic nitrogens is 2. The Balaban J connectivity index is 2.04. The normalized spacial score (nSPS) is 10.3. The van der Waals surface area contributed by atoms with Gasteiger partial charge in [0.25, 0.3) is 0 Å². The summed E-state index contributed by atoms with van der Waals surface area (Å²) in [6, 6.07) is 7.26. The van der Waals surface area contributed by atoms with E-state index < -0.39 is 0 Å². The Hall–Kier alpha value is -2.10. The first kappa shape index (κ1) is 12.4. The molecule has 94 valence electrons. The van der Waals surface area contributed by atoms with E-state index >= 15 is 0 Å². The SMILES string of the molecule is CCOc1ccc(C(=O)Cn2cc[n+](C)c2)cc1. The van der Waals surface area contributed by atoms with Gasteiger partial charge in [-0.15, -0.1) is 0 Å². The molecule has 18 heavy (non-hydrogen) atoms. The summed E-state index contributed by atoms with van der Waals surface area (Å²) in [6.07, 6.45) is 5.67. The van der Waals surface area contributed by atoms with Gasteiger partial charge in [-0.1, -0.05) is 0 Å². The van der Waals surface area contributed by atoms with Crippen molar-refractivity contribution in [3.63, 3.8) is 0 Å². The van der Waals surface area contributed by atoms with Crippen LogP contribution in [0.5, 0.6) is 5.75 Å². The largest absolute Gasteiger partial charge is 0.494 e. The molecule has 0 saturated heterocycles. The molecule has 0 bridgehead atoms. The minimum atomic E-state index is 0.0919. The van der Waals surface area contributed by atoms with E-state index in [9.17, 15) is 4.79 Å². The number of carbonyl (C=O) groups excluding carboxylic acids is 1. The van der Waals surface area contributed by atoms with E-state index in [-0.39, 0.29) is 5.78 Å². The number of hydrogen-bond acceptors (Lipinski definition) is 2. The van der Waals surface area contributed by atoms with Crippen LogP contribution in [0.15, 0.2) is 43.0 Å². The van der Waals surface area contributed by atoms with Crippen molar-refractivity contribution in [1.29, 1.82) is 0 Å². The van der Waals surface area contributed by atoms with Crippen molar-refractivity contribution in [2.24, 2.45) is 7.05 Å². The Morgan fingerprint density at radius 1 is 1.33 bits per heavy atom. The molecule has 0 fully saturated rings. The lowest BCUT2D eigenvalue weighted by molar-refractivity contribution is -0.671. The molecule has 0 N–H and O–H groups in total. The second kappa shape index (κ2) is 5.49. The molecular weight excluding hydrogens is 228 g/mol. The molecule has 0 amide bonds. The fraction of sp³-hybridized carbons (Fsp3) is 0.286. The lowest BCUT2D eigenvalue weighted by Gasteiger charge is -2.03. The number of ketones is 1. The van der Waals surface area contributed by atoms with Crippen LogP contribution in [0.25, 0.3) is 0 Å². The molecule has 4 heteroatoms. The van der Waals surface area contributed by atoms with E-state index in [1.54, 1.807) is 12.1 Å². The predicted molar refractivity (Wildman–Crippen MR) is 67.5 cm³/mol. The van der Waals surface area contributed by atoms with Gasteiger partial charge in [-0.25, -0.2) is 9.13 Å².